The van der Waals surface area contributed by atoms with Gasteiger partial charge < -0.3 is 75.3 Å². The summed E-state index contributed by atoms with van der Waals surface area (Å²) < 4.78 is 20.6. The normalized spacial score (nSPS) is 9.09. The smallest absolute Gasteiger partial charge is 0.854 e. The van der Waals surface area contributed by atoms with Crippen molar-refractivity contribution in [3.05, 3.63) is 60.7 Å². The van der Waals surface area contributed by atoms with Crippen LogP contribution in [0.1, 0.15) is 0 Å². The van der Waals surface area contributed by atoms with E-state index in [-0.39, 0.29) is 108 Å². The van der Waals surface area contributed by atoms with Crippen LogP contribution < -0.4 is 59.5 Å². The number of hydrogen-bond donors (Lipinski definition) is 0. The van der Waals surface area contributed by atoms with Gasteiger partial charge in [0.25, 0.3) is 0 Å². The third-order valence-corrected chi connectivity index (χ3v) is 4.01. The maximum atomic E-state index is 10.3. The molecule has 21 heteroatoms. The van der Waals surface area contributed by atoms with Gasteiger partial charge in [-0.25, -0.2) is 0 Å². The molecule has 0 radical (unpaired) electrons. The van der Waals surface area contributed by atoms with Crippen molar-refractivity contribution in [1.82, 2.24) is 0 Å². The molecule has 2 aromatic carbocycles. The Morgan fingerprint density at radius 3 is 0.697 bits per heavy atom. The average Bonchev–Trinajstić information content (AvgIpc) is 2.54. The quantitative estimate of drug-likeness (QED) is 0.203. The van der Waals surface area contributed by atoms with E-state index in [4.69, 9.17) is 29.4 Å². The molecule has 12 nitrogen and oxygen atoms in total. The molecular weight excluding hydrogens is 787 g/mol. The summed E-state index contributed by atoms with van der Waals surface area (Å²) in [5, 5.41) is -0.315. The summed E-state index contributed by atoms with van der Waals surface area (Å²) in [5.74, 6) is 0. The second-order valence-electron chi connectivity index (χ2n) is 4.11. The molecule has 0 fully saturated rings. The van der Waals surface area contributed by atoms with E-state index in [9.17, 15) is 28.7 Å². The summed E-state index contributed by atoms with van der Waals surface area (Å²) in [5.41, 5.74) is 0. The maximum absolute atomic E-state index is 10.3. The van der Waals surface area contributed by atoms with Crippen LogP contribution in [0.4, 0.5) is 0 Å². The van der Waals surface area contributed by atoms with Crippen molar-refractivity contribution >= 4 is 43.0 Å². The van der Waals surface area contributed by atoms with Crippen LogP contribution in [0.2, 0.25) is 0 Å². The van der Waals surface area contributed by atoms with Crippen LogP contribution in [-0.4, -0.2) is 0 Å². The summed E-state index contributed by atoms with van der Waals surface area (Å²) in [4.78, 5) is 92.1. The van der Waals surface area contributed by atoms with Crippen LogP contribution in [0.3, 0.4) is 0 Å². The van der Waals surface area contributed by atoms with Crippen molar-refractivity contribution in [2.45, 2.75) is 0 Å². The van der Waals surface area contributed by atoms with Gasteiger partial charge in [-0.05, 0) is 25.8 Å². The molecule has 2 rings (SSSR count). The fraction of sp³-hybridized carbons (Fsp3) is 0. The molecule has 0 aliphatic rings. The van der Waals surface area contributed by atoms with Gasteiger partial charge in [0.15, 0.2) is 0 Å². The Balaban J connectivity index is -0.0000000560. The SMILES string of the molecule is O=P([O-])([O-])c1ccccc1.O=P([O-])([O-])c1ccccc1.[O-]P([O-])[O-].[O-]P([O-])[O-].[Zn+2].[Zn+2].[Zn+2].[Zn+2].[Zn+2]. The zero-order valence-electron chi connectivity index (χ0n) is 17.0. The summed E-state index contributed by atoms with van der Waals surface area (Å²) in [7, 11) is -15.8. The molecule has 0 aliphatic heterocycles. The van der Waals surface area contributed by atoms with Gasteiger partial charge in [0.1, 0.15) is 0 Å². The van der Waals surface area contributed by atoms with E-state index in [2.05, 4.69) is 0 Å². The van der Waals surface area contributed by atoms with Crippen LogP contribution in [-0.2, 0) is 107 Å². The molecule has 0 N–H and O–H groups in total. The van der Waals surface area contributed by atoms with Crippen molar-refractivity contribution < 1.29 is 155 Å². The van der Waals surface area contributed by atoms with Crippen molar-refractivity contribution in [2.75, 3.05) is 0 Å². The molecule has 160 valence electrons. The molecule has 2 aromatic rings. The Kier molecular flexibility index (Phi) is 45.8. The summed E-state index contributed by atoms with van der Waals surface area (Å²) in [6.07, 6.45) is 0. The first kappa shape index (κ1) is 52.0. The van der Waals surface area contributed by atoms with Gasteiger partial charge in [-0.2, -0.15) is 0 Å². The minimum atomic E-state index is -4.52. The molecule has 0 aliphatic carbocycles. The molecule has 0 spiro atoms. The molecule has 0 amide bonds. The Morgan fingerprint density at radius 1 is 0.455 bits per heavy atom. The molecule has 0 aromatic heterocycles. The van der Waals surface area contributed by atoms with E-state index >= 15 is 0 Å². The molecule has 0 bridgehead atoms. The molecule has 0 saturated heterocycles. The molecule has 0 heterocycles. The fourth-order valence-electron chi connectivity index (χ4n) is 1.22. The minimum absolute atomic E-state index is 0. The van der Waals surface area contributed by atoms with E-state index in [1.807, 2.05) is 0 Å². The van der Waals surface area contributed by atoms with Crippen LogP contribution in [0, 0.1) is 0 Å². The zero-order valence-corrected chi connectivity index (χ0v) is 35.4. The predicted octanol–water partition coefficient (Wildman–Crippen LogP) is -6.97. The summed E-state index contributed by atoms with van der Waals surface area (Å²) in [6.45, 7) is 0. The second kappa shape index (κ2) is 29.0. The van der Waals surface area contributed by atoms with Gasteiger partial charge in [-0.1, -0.05) is 60.7 Å². The topological polar surface area (TPSA) is 265 Å². The van der Waals surface area contributed by atoms with Crippen molar-refractivity contribution in [2.24, 2.45) is 0 Å². The molecule has 0 saturated carbocycles. The van der Waals surface area contributed by atoms with E-state index in [0.717, 1.165) is 0 Å². The summed E-state index contributed by atoms with van der Waals surface area (Å²) >= 11 is 0. The van der Waals surface area contributed by atoms with Crippen LogP contribution in [0.5, 0.6) is 0 Å². The zero-order chi connectivity index (χ0) is 22.4. The van der Waals surface area contributed by atoms with Crippen molar-refractivity contribution in [3.8, 4) is 0 Å². The maximum Gasteiger partial charge on any atom is 2.00 e. The first-order chi connectivity index (χ1) is 12.7. The average molecular weight is 797 g/mol. The fourth-order valence-corrected chi connectivity index (χ4v) is 2.30. The van der Waals surface area contributed by atoms with Crippen LogP contribution >= 0.6 is 32.4 Å². The van der Waals surface area contributed by atoms with Gasteiger partial charge >= 0.3 is 97.4 Å². The second-order valence-corrected chi connectivity index (χ2v) is 8.03. The number of benzene rings is 2. The minimum Gasteiger partial charge on any atom is -0.854 e. The van der Waals surface area contributed by atoms with E-state index in [0.29, 0.717) is 0 Å². The van der Waals surface area contributed by atoms with Gasteiger partial charge in [0.05, 0.1) is 0 Å². The molecule has 0 unspecified atom stereocenters. The van der Waals surface area contributed by atoms with Gasteiger partial charge in [-0.15, -0.1) is 0 Å². The predicted molar refractivity (Wildman–Crippen MR) is 81.2 cm³/mol. The first-order valence-corrected chi connectivity index (χ1v) is 11.7. The molecular formula is C12H10O12P4Zn5. The van der Waals surface area contributed by atoms with Crippen molar-refractivity contribution in [3.63, 3.8) is 0 Å². The Bertz CT molecular complexity index is 667. The first-order valence-electron chi connectivity index (χ1n) is 6.46. The van der Waals surface area contributed by atoms with E-state index < -0.39 is 32.4 Å². The van der Waals surface area contributed by atoms with Crippen LogP contribution in [0.15, 0.2) is 60.7 Å². The number of rotatable bonds is 2. The molecule has 33 heavy (non-hydrogen) atoms. The van der Waals surface area contributed by atoms with Gasteiger partial charge in [0.2, 0.25) is 0 Å². The Morgan fingerprint density at radius 2 is 0.606 bits per heavy atom. The van der Waals surface area contributed by atoms with Crippen LogP contribution in [0.25, 0.3) is 0 Å². The third-order valence-electron chi connectivity index (χ3n) is 2.14. The number of hydrogen-bond acceptors (Lipinski definition) is 12. The Hall–Kier alpha value is 2.48. The largest absolute Gasteiger partial charge is 2.00 e. The van der Waals surface area contributed by atoms with Gasteiger partial charge in [0, 0.05) is 0 Å². The van der Waals surface area contributed by atoms with E-state index in [1.54, 1.807) is 12.1 Å². The Labute approximate surface area is 256 Å². The monoisotopic (exact) mass is 790 g/mol. The standard InChI is InChI=1S/2C6H7O3P.2O3P.5Zn/c2*7-10(8,9)6-4-2-1-3-5-6;2*1-4(2)3;;;;;/h2*1-5H,(H2,7,8,9);;;;;;;/q;;2*-3;5*+2/p-4. The summed E-state index contributed by atoms with van der Waals surface area (Å²) in [6, 6.07) is 14.5. The van der Waals surface area contributed by atoms with E-state index in [1.165, 1.54) is 48.5 Å². The molecule has 0 atom stereocenters. The van der Waals surface area contributed by atoms with Gasteiger partial charge in [-0.3, -0.25) is 0 Å². The van der Waals surface area contributed by atoms with Crippen molar-refractivity contribution in [1.29, 1.82) is 0 Å². The third kappa shape index (κ3) is 39.2.